The standard InChI is InChI=1S/C100H144N4O6/c1-5-9-13-17-21-25-29-33-37-41-45-49-53-57-69-107-89-73-85-87(75-91(89)109-71-59-55-51-47-43-39-35-31-27-23-19-15-11-7-3)103-97(101-85)81-65-61-77-80-64-68-84-96-82(66-62-78(94(80)96)79-63-67-83(99(103)105)95(81)93(77)79)98-102-86-74-90(108-70-58-54-50-46-42-38-34-30-26-22-18-14-10-6-2)92(76-88(86)104(98)100(84)106)110-72-60-56-52-48-44-40-36-32-28-24-20-16-12-8-4/h61-68,73-76H,5-60,69-72H2,1-4H3. The third-order valence-electron chi connectivity index (χ3n) is 24.7. The highest BCUT2D eigenvalue weighted by atomic mass is 16.5. The van der Waals surface area contributed by atoms with Gasteiger partial charge in [0.2, 0.25) is 0 Å². The Morgan fingerprint density at radius 2 is 0.409 bits per heavy atom. The summed E-state index contributed by atoms with van der Waals surface area (Å²) >= 11 is 0. The third-order valence-corrected chi connectivity index (χ3v) is 24.7. The summed E-state index contributed by atoms with van der Waals surface area (Å²) in [5.41, 5.74) is 3.98. The number of hydrogen-bond donors (Lipinski definition) is 0. The van der Waals surface area contributed by atoms with Gasteiger partial charge < -0.3 is 18.9 Å². The monoisotopic (exact) mass is 1500 g/mol. The van der Waals surface area contributed by atoms with Crippen LogP contribution in [0.1, 0.15) is 387 Å². The molecule has 0 atom stereocenters. The lowest BCUT2D eigenvalue weighted by Gasteiger charge is -2.18. The van der Waals surface area contributed by atoms with E-state index in [1.165, 1.54) is 308 Å². The highest BCUT2D eigenvalue weighted by molar-refractivity contribution is 6.40. The minimum absolute atomic E-state index is 0.0972. The Bertz CT molecular complexity index is 4260. The molecule has 0 N–H and O–H groups in total. The molecule has 0 fully saturated rings. The van der Waals surface area contributed by atoms with Gasteiger partial charge in [0, 0.05) is 56.6 Å². The van der Waals surface area contributed by atoms with E-state index in [1.54, 1.807) is 0 Å². The minimum atomic E-state index is -0.0972. The summed E-state index contributed by atoms with van der Waals surface area (Å²) in [4.78, 5) is 41.5. The van der Waals surface area contributed by atoms with Gasteiger partial charge in [-0.25, -0.2) is 9.97 Å². The molecular formula is C100H144N4O6. The van der Waals surface area contributed by atoms with E-state index in [-0.39, 0.29) is 11.1 Å². The molecule has 0 amide bonds. The molecule has 110 heavy (non-hydrogen) atoms. The van der Waals surface area contributed by atoms with Crippen molar-refractivity contribution in [3.05, 3.63) is 93.5 Å². The predicted molar refractivity (Wildman–Crippen MR) is 473 cm³/mol. The lowest BCUT2D eigenvalue weighted by atomic mass is 9.86. The van der Waals surface area contributed by atoms with Crippen LogP contribution in [0.2, 0.25) is 0 Å². The van der Waals surface area contributed by atoms with Crippen molar-refractivity contribution >= 4 is 98.0 Å². The zero-order valence-electron chi connectivity index (χ0n) is 69.6. The van der Waals surface area contributed by atoms with Crippen molar-refractivity contribution in [1.29, 1.82) is 0 Å². The summed E-state index contributed by atoms with van der Waals surface area (Å²) in [6.07, 6.45) is 73.3. The van der Waals surface area contributed by atoms with E-state index >= 15 is 9.59 Å². The lowest BCUT2D eigenvalue weighted by Crippen LogP contribution is -2.14. The number of fused-ring (bicyclic) bond motifs is 10. The van der Waals surface area contributed by atoms with Crippen molar-refractivity contribution in [3.63, 3.8) is 0 Å². The van der Waals surface area contributed by atoms with E-state index in [0.29, 0.717) is 71.5 Å². The second kappa shape index (κ2) is 47.1. The van der Waals surface area contributed by atoms with E-state index in [1.807, 2.05) is 45.2 Å². The van der Waals surface area contributed by atoms with Crippen molar-refractivity contribution in [2.45, 2.75) is 387 Å². The molecule has 0 saturated heterocycles. The predicted octanol–water partition coefficient (Wildman–Crippen LogP) is 30.7. The Kier molecular flexibility index (Phi) is 36.1. The van der Waals surface area contributed by atoms with Crippen molar-refractivity contribution < 1.29 is 18.9 Å². The number of aromatic nitrogens is 4. The summed E-state index contributed by atoms with van der Waals surface area (Å²) < 4.78 is 30.5. The maximum absolute atomic E-state index is 15.4. The molecule has 7 aromatic carbocycles. The fraction of sp³-hybridized carbons (Fsp3) is 0.640. The van der Waals surface area contributed by atoms with Crippen LogP contribution in [0.4, 0.5) is 0 Å². The number of rotatable bonds is 64. The minimum Gasteiger partial charge on any atom is -0.490 e. The molecule has 0 aliphatic heterocycles. The van der Waals surface area contributed by atoms with Crippen LogP contribution in [0, 0.1) is 0 Å². The van der Waals surface area contributed by atoms with E-state index in [2.05, 4.69) is 64.1 Å². The summed E-state index contributed by atoms with van der Waals surface area (Å²) in [6, 6.07) is 25.2. The number of nitrogens with zero attached hydrogens (tertiary/aromatic N) is 4. The fourth-order valence-electron chi connectivity index (χ4n) is 18.2. The molecule has 0 aliphatic rings. The highest BCUT2D eigenvalue weighted by Crippen LogP contribution is 2.47. The quantitative estimate of drug-likeness (QED) is 0.0211. The first kappa shape index (κ1) is 84.2. The Labute approximate surface area is 662 Å². The molecular weight excluding hydrogens is 1350 g/mol. The van der Waals surface area contributed by atoms with Gasteiger partial charge in [-0.1, -0.05) is 386 Å². The number of ether oxygens (including phenoxy) is 4. The van der Waals surface area contributed by atoms with Crippen LogP contribution in [-0.4, -0.2) is 45.2 Å². The maximum Gasteiger partial charge on any atom is 0.264 e. The van der Waals surface area contributed by atoms with Crippen molar-refractivity contribution in [1.82, 2.24) is 18.8 Å². The second-order valence-corrected chi connectivity index (χ2v) is 33.6. The van der Waals surface area contributed by atoms with Crippen molar-refractivity contribution in [3.8, 4) is 23.0 Å². The Morgan fingerprint density at radius 1 is 0.227 bits per heavy atom. The van der Waals surface area contributed by atoms with Crippen LogP contribution < -0.4 is 30.1 Å². The SMILES string of the molecule is CCCCCCCCCCCCCCCCOc1cc2nc3c4ccc5c6ccc7c(=O)n8c9cc(OCCCCCCCCCCCCCCCC)c(OCCCCCCCCCCCCCCCC)cc9nc8c8ccc(c9ccc(c(=O)n3c2cc1OCCCCCCCCCCCCCCCC)c4c95)c6c78. The van der Waals surface area contributed by atoms with Gasteiger partial charge in [0.15, 0.2) is 23.0 Å². The van der Waals surface area contributed by atoms with Crippen LogP contribution in [0.25, 0.3) is 98.0 Å². The summed E-state index contributed by atoms with van der Waals surface area (Å²) in [7, 11) is 0. The summed E-state index contributed by atoms with van der Waals surface area (Å²) in [5.74, 6) is 2.77. The van der Waals surface area contributed by atoms with E-state index in [4.69, 9.17) is 28.9 Å². The van der Waals surface area contributed by atoms with Crippen molar-refractivity contribution in [2.24, 2.45) is 0 Å². The zero-order chi connectivity index (χ0) is 76.2. The summed E-state index contributed by atoms with van der Waals surface area (Å²) in [5, 5.41) is 11.2. The van der Waals surface area contributed by atoms with Gasteiger partial charge >= 0.3 is 0 Å². The molecule has 10 nitrogen and oxygen atoms in total. The highest BCUT2D eigenvalue weighted by Gasteiger charge is 2.26. The molecule has 0 radical (unpaired) electrons. The van der Waals surface area contributed by atoms with Gasteiger partial charge in [0.25, 0.3) is 11.1 Å². The molecule has 0 bridgehead atoms. The van der Waals surface area contributed by atoms with Gasteiger partial charge in [-0.15, -0.1) is 0 Å². The zero-order valence-corrected chi connectivity index (χ0v) is 69.6. The van der Waals surface area contributed by atoms with Crippen LogP contribution in [-0.2, 0) is 0 Å². The summed E-state index contributed by atoms with van der Waals surface area (Å²) in [6.45, 7) is 11.6. The first-order valence-corrected chi connectivity index (χ1v) is 46.4. The number of unbranched alkanes of at least 4 members (excludes halogenated alkanes) is 52. The smallest absolute Gasteiger partial charge is 0.264 e. The molecule has 4 heterocycles. The molecule has 600 valence electrons. The maximum atomic E-state index is 15.4. The first-order valence-electron chi connectivity index (χ1n) is 46.4. The molecule has 4 aromatic heterocycles. The molecule has 0 aliphatic carbocycles. The Hall–Kier alpha value is -6.68. The van der Waals surface area contributed by atoms with E-state index < -0.39 is 0 Å². The third kappa shape index (κ3) is 23.3. The van der Waals surface area contributed by atoms with Gasteiger partial charge in [0.1, 0.15) is 11.3 Å². The van der Waals surface area contributed by atoms with Gasteiger partial charge in [-0.3, -0.25) is 18.4 Å². The Morgan fingerprint density at radius 3 is 0.636 bits per heavy atom. The molecule has 11 aromatic rings. The van der Waals surface area contributed by atoms with Crippen molar-refractivity contribution in [2.75, 3.05) is 26.4 Å². The molecule has 11 rings (SSSR count). The molecule has 0 spiro atoms. The molecule has 0 unspecified atom stereocenters. The van der Waals surface area contributed by atoms with Crippen LogP contribution in [0.5, 0.6) is 23.0 Å². The first-order chi connectivity index (χ1) is 54.4. The normalized spacial score (nSPS) is 12.3. The van der Waals surface area contributed by atoms with Gasteiger partial charge in [-0.05, 0) is 82.3 Å². The Balaban J connectivity index is 0.806. The number of benzene rings is 7. The number of hydrogen-bond acceptors (Lipinski definition) is 8. The second-order valence-electron chi connectivity index (χ2n) is 33.6. The number of pyridine rings is 2. The van der Waals surface area contributed by atoms with Gasteiger partial charge in [-0.2, -0.15) is 0 Å². The molecule has 0 saturated carbocycles. The van der Waals surface area contributed by atoms with E-state index in [9.17, 15) is 0 Å². The average molecular weight is 1500 g/mol. The van der Waals surface area contributed by atoms with Crippen LogP contribution >= 0.6 is 0 Å². The average Bonchev–Trinajstić information content (AvgIpc) is 1.29. The molecule has 10 heteroatoms. The van der Waals surface area contributed by atoms with Gasteiger partial charge in [0.05, 0.1) is 48.5 Å². The topological polar surface area (TPSA) is 106 Å². The lowest BCUT2D eigenvalue weighted by molar-refractivity contribution is 0.259. The van der Waals surface area contributed by atoms with Crippen LogP contribution in [0.3, 0.4) is 0 Å². The van der Waals surface area contributed by atoms with Crippen LogP contribution in [0.15, 0.2) is 82.4 Å². The fourth-order valence-corrected chi connectivity index (χ4v) is 18.2. The number of imidazole rings is 2. The largest absolute Gasteiger partial charge is 0.490 e. The van der Waals surface area contributed by atoms with E-state index in [0.717, 1.165) is 127 Å².